The van der Waals surface area contributed by atoms with Gasteiger partial charge in [-0.1, -0.05) is 11.8 Å². The molecule has 4 rings (SSSR count). The number of nitrogens with zero attached hydrogens (tertiary/aromatic N) is 4. The molecule has 1 aromatic carbocycles. The van der Waals surface area contributed by atoms with Crippen molar-refractivity contribution in [3.8, 4) is 23.0 Å². The second-order valence-electron chi connectivity index (χ2n) is 5.47. The molecule has 0 aliphatic carbocycles. The molecule has 6 nitrogen and oxygen atoms in total. The molecule has 0 radical (unpaired) electrons. The van der Waals surface area contributed by atoms with Crippen molar-refractivity contribution in [2.24, 2.45) is 0 Å². The van der Waals surface area contributed by atoms with Crippen LogP contribution < -0.4 is 0 Å². The van der Waals surface area contributed by atoms with Gasteiger partial charge in [0, 0.05) is 17.9 Å². The molecule has 132 valence electrons. The van der Waals surface area contributed by atoms with Crippen molar-refractivity contribution in [2.75, 3.05) is 0 Å². The average molecular weight is 370 g/mol. The minimum absolute atomic E-state index is 0.289. The van der Waals surface area contributed by atoms with Gasteiger partial charge in [-0.15, -0.1) is 10.2 Å². The van der Waals surface area contributed by atoms with E-state index in [9.17, 15) is 4.39 Å². The molecule has 0 fully saturated rings. The topological polar surface area (TPSA) is 69.9 Å². The average Bonchev–Trinajstić information content (AvgIpc) is 3.40. The highest BCUT2D eigenvalue weighted by molar-refractivity contribution is 7.98. The van der Waals surface area contributed by atoms with Crippen LogP contribution in [0, 0.1) is 5.82 Å². The maximum atomic E-state index is 13.0. The maximum absolute atomic E-state index is 13.0. The minimum Gasteiger partial charge on any atom is -0.461 e. The lowest BCUT2D eigenvalue weighted by Gasteiger charge is -2.04. The van der Waals surface area contributed by atoms with Gasteiger partial charge in [0.25, 0.3) is 0 Å². The zero-order chi connectivity index (χ0) is 17.9. The van der Waals surface area contributed by atoms with Crippen LogP contribution in [0.25, 0.3) is 23.0 Å². The predicted octanol–water partition coefficient (Wildman–Crippen LogP) is 4.64. The van der Waals surface area contributed by atoms with Gasteiger partial charge >= 0.3 is 0 Å². The molecule has 0 bridgehead atoms. The SMILES string of the molecule is CCn1c(SCc2coc(-c3ccc(F)cc3)n2)nnc1-c1ccco1. The molecule has 26 heavy (non-hydrogen) atoms. The van der Waals surface area contributed by atoms with Gasteiger partial charge < -0.3 is 8.83 Å². The van der Waals surface area contributed by atoms with Gasteiger partial charge in [0.05, 0.1) is 12.0 Å². The summed E-state index contributed by atoms with van der Waals surface area (Å²) >= 11 is 1.52. The molecular formula is C18H15FN4O2S. The summed E-state index contributed by atoms with van der Waals surface area (Å²) in [6, 6.07) is 9.73. The lowest BCUT2D eigenvalue weighted by Crippen LogP contribution is -1.99. The van der Waals surface area contributed by atoms with Crippen molar-refractivity contribution in [1.29, 1.82) is 0 Å². The molecule has 3 heterocycles. The van der Waals surface area contributed by atoms with E-state index in [0.717, 1.165) is 23.0 Å². The van der Waals surface area contributed by atoms with Crippen molar-refractivity contribution in [3.05, 3.63) is 60.4 Å². The van der Waals surface area contributed by atoms with Crippen LogP contribution in [0.3, 0.4) is 0 Å². The second kappa shape index (κ2) is 7.17. The van der Waals surface area contributed by atoms with Crippen molar-refractivity contribution in [2.45, 2.75) is 24.4 Å². The van der Waals surface area contributed by atoms with Crippen molar-refractivity contribution in [1.82, 2.24) is 19.7 Å². The number of hydrogen-bond acceptors (Lipinski definition) is 6. The van der Waals surface area contributed by atoms with E-state index in [-0.39, 0.29) is 5.82 Å². The summed E-state index contributed by atoms with van der Waals surface area (Å²) in [7, 11) is 0. The highest BCUT2D eigenvalue weighted by Gasteiger charge is 2.16. The molecule has 0 atom stereocenters. The van der Waals surface area contributed by atoms with E-state index in [4.69, 9.17) is 8.83 Å². The van der Waals surface area contributed by atoms with Crippen LogP contribution in [0.15, 0.2) is 62.9 Å². The fourth-order valence-electron chi connectivity index (χ4n) is 2.51. The summed E-state index contributed by atoms with van der Waals surface area (Å²) in [5.41, 5.74) is 1.51. The molecule has 0 N–H and O–H groups in total. The van der Waals surface area contributed by atoms with Crippen LogP contribution >= 0.6 is 11.8 Å². The quantitative estimate of drug-likeness (QED) is 0.460. The molecule has 0 unspecified atom stereocenters. The van der Waals surface area contributed by atoms with Gasteiger partial charge in [0.2, 0.25) is 5.89 Å². The normalized spacial score (nSPS) is 11.2. The summed E-state index contributed by atoms with van der Waals surface area (Å²) in [5, 5.41) is 9.25. The van der Waals surface area contributed by atoms with E-state index in [1.807, 2.05) is 23.6 Å². The van der Waals surface area contributed by atoms with Crippen molar-refractivity contribution in [3.63, 3.8) is 0 Å². The molecule has 8 heteroatoms. The fourth-order valence-corrected chi connectivity index (χ4v) is 3.38. The predicted molar refractivity (Wildman–Crippen MR) is 94.9 cm³/mol. The Morgan fingerprint density at radius 1 is 1.12 bits per heavy atom. The Kier molecular flexibility index (Phi) is 4.57. The number of rotatable bonds is 6. The first-order chi connectivity index (χ1) is 12.7. The molecular weight excluding hydrogens is 355 g/mol. The zero-order valence-electron chi connectivity index (χ0n) is 13.9. The molecule has 0 aliphatic heterocycles. The monoisotopic (exact) mass is 370 g/mol. The number of benzene rings is 1. The Hall–Kier alpha value is -2.87. The number of oxazole rings is 1. The van der Waals surface area contributed by atoms with Crippen LogP contribution in [0.4, 0.5) is 4.39 Å². The standard InChI is InChI=1S/C18H15FN4O2S/c1-2-23-16(15-4-3-9-24-15)21-22-18(23)26-11-14-10-25-17(20-14)12-5-7-13(19)8-6-12/h3-10H,2,11H2,1H3. The van der Waals surface area contributed by atoms with Crippen LogP contribution in [-0.4, -0.2) is 19.7 Å². The third-order valence-corrected chi connectivity index (χ3v) is 4.77. The first-order valence-corrected chi connectivity index (χ1v) is 9.03. The third kappa shape index (κ3) is 3.28. The second-order valence-corrected chi connectivity index (χ2v) is 6.41. The Morgan fingerprint density at radius 2 is 1.96 bits per heavy atom. The number of halogens is 1. The van der Waals surface area contributed by atoms with Gasteiger partial charge in [0.1, 0.15) is 12.1 Å². The highest BCUT2D eigenvalue weighted by atomic mass is 32.2. The summed E-state index contributed by atoms with van der Waals surface area (Å²) < 4.78 is 25.9. The smallest absolute Gasteiger partial charge is 0.226 e. The Labute approximate surface area is 153 Å². The van der Waals surface area contributed by atoms with E-state index < -0.39 is 0 Å². The lowest BCUT2D eigenvalue weighted by molar-refractivity contribution is 0.567. The maximum Gasteiger partial charge on any atom is 0.226 e. The molecule has 0 spiro atoms. The van der Waals surface area contributed by atoms with Gasteiger partial charge in [-0.05, 0) is 43.3 Å². The van der Waals surface area contributed by atoms with Gasteiger partial charge in [0.15, 0.2) is 16.7 Å². The van der Waals surface area contributed by atoms with Crippen LogP contribution in [0.2, 0.25) is 0 Å². The Bertz CT molecular complexity index is 993. The Balaban J connectivity index is 1.49. The first-order valence-electron chi connectivity index (χ1n) is 8.05. The largest absolute Gasteiger partial charge is 0.461 e. The first kappa shape index (κ1) is 16.6. The number of furan rings is 1. The van der Waals surface area contributed by atoms with Crippen LogP contribution in [0.5, 0.6) is 0 Å². The zero-order valence-corrected chi connectivity index (χ0v) is 14.7. The summed E-state index contributed by atoms with van der Waals surface area (Å²) in [6.45, 7) is 2.76. The molecule has 0 amide bonds. The van der Waals surface area contributed by atoms with E-state index in [1.54, 1.807) is 24.7 Å². The van der Waals surface area contributed by atoms with E-state index in [0.29, 0.717) is 23.2 Å². The van der Waals surface area contributed by atoms with Gasteiger partial charge in [-0.25, -0.2) is 9.37 Å². The van der Waals surface area contributed by atoms with Gasteiger partial charge in [-0.3, -0.25) is 4.57 Å². The summed E-state index contributed by atoms with van der Waals surface area (Å²) in [5.74, 6) is 2.15. The van der Waals surface area contributed by atoms with Crippen molar-refractivity contribution >= 4 is 11.8 Å². The summed E-state index contributed by atoms with van der Waals surface area (Å²) in [6.07, 6.45) is 3.22. The molecule has 0 saturated carbocycles. The number of thioether (sulfide) groups is 1. The van der Waals surface area contributed by atoms with Crippen LogP contribution in [0.1, 0.15) is 12.6 Å². The van der Waals surface area contributed by atoms with E-state index in [2.05, 4.69) is 15.2 Å². The fraction of sp³-hybridized carbons (Fsp3) is 0.167. The Morgan fingerprint density at radius 3 is 2.69 bits per heavy atom. The number of aromatic nitrogens is 4. The number of hydrogen-bond donors (Lipinski definition) is 0. The van der Waals surface area contributed by atoms with Crippen molar-refractivity contribution < 1.29 is 13.2 Å². The third-order valence-electron chi connectivity index (χ3n) is 3.77. The highest BCUT2D eigenvalue weighted by Crippen LogP contribution is 2.27. The lowest BCUT2D eigenvalue weighted by atomic mass is 10.2. The molecule has 0 aliphatic rings. The molecule has 4 aromatic rings. The van der Waals surface area contributed by atoms with E-state index >= 15 is 0 Å². The molecule has 0 saturated heterocycles. The van der Waals surface area contributed by atoms with E-state index in [1.165, 1.54) is 23.9 Å². The summed E-state index contributed by atoms with van der Waals surface area (Å²) in [4.78, 5) is 4.45. The van der Waals surface area contributed by atoms with Crippen LogP contribution in [-0.2, 0) is 12.3 Å². The minimum atomic E-state index is -0.289. The molecule has 3 aromatic heterocycles. The van der Waals surface area contributed by atoms with Gasteiger partial charge in [-0.2, -0.15) is 0 Å².